The molecule has 7 N–H and O–H groups in total. The minimum atomic E-state index is 0.692. The molecular formula is C15H18N4. The van der Waals surface area contributed by atoms with E-state index in [-0.39, 0.29) is 0 Å². The van der Waals surface area contributed by atoms with Gasteiger partial charge in [0.1, 0.15) is 0 Å². The van der Waals surface area contributed by atoms with Gasteiger partial charge in [-0.1, -0.05) is 18.2 Å². The summed E-state index contributed by atoms with van der Waals surface area (Å²) in [5.74, 6) is 0. The maximum Gasteiger partial charge on any atom is 0.0389 e. The minimum absolute atomic E-state index is 0.692. The van der Waals surface area contributed by atoms with Crippen LogP contribution in [0.4, 0.5) is 22.7 Å². The molecule has 0 aromatic heterocycles. The first kappa shape index (κ1) is 12.8. The maximum atomic E-state index is 5.86. The van der Waals surface area contributed by atoms with Gasteiger partial charge in [-0.15, -0.1) is 0 Å². The second kappa shape index (κ2) is 5.82. The van der Waals surface area contributed by atoms with E-state index in [1.165, 1.54) is 0 Å². The lowest BCUT2D eigenvalue weighted by atomic mass is 10.1. The summed E-state index contributed by atoms with van der Waals surface area (Å²) in [6.45, 7) is 0.692. The SMILES string of the molecule is Nc1cccc(NC/C=C/c2cc(N)ccc2N)c1. The molecule has 2 rings (SSSR count). The lowest BCUT2D eigenvalue weighted by Crippen LogP contribution is -1.99. The molecule has 98 valence electrons. The summed E-state index contributed by atoms with van der Waals surface area (Å²) in [5.41, 5.74) is 21.4. The molecular weight excluding hydrogens is 236 g/mol. The topological polar surface area (TPSA) is 90.1 Å². The van der Waals surface area contributed by atoms with E-state index in [4.69, 9.17) is 17.2 Å². The lowest BCUT2D eigenvalue weighted by Gasteiger charge is -2.04. The Bertz CT molecular complexity index is 590. The van der Waals surface area contributed by atoms with Crippen molar-refractivity contribution in [2.45, 2.75) is 0 Å². The molecule has 0 fully saturated rings. The molecule has 0 radical (unpaired) electrons. The quantitative estimate of drug-likeness (QED) is 0.631. The summed E-state index contributed by atoms with van der Waals surface area (Å²) in [5, 5.41) is 3.25. The van der Waals surface area contributed by atoms with Gasteiger partial charge in [-0.2, -0.15) is 0 Å². The Morgan fingerprint density at radius 2 is 1.74 bits per heavy atom. The summed E-state index contributed by atoms with van der Waals surface area (Å²) < 4.78 is 0. The second-order valence-electron chi connectivity index (χ2n) is 4.30. The molecule has 0 saturated heterocycles. The third-order valence-corrected chi connectivity index (χ3v) is 2.72. The highest BCUT2D eigenvalue weighted by Crippen LogP contribution is 2.17. The molecule has 0 aliphatic rings. The van der Waals surface area contributed by atoms with E-state index in [0.717, 1.165) is 22.6 Å². The predicted molar refractivity (Wildman–Crippen MR) is 83.6 cm³/mol. The van der Waals surface area contributed by atoms with Crippen molar-refractivity contribution in [2.75, 3.05) is 29.1 Å². The van der Waals surface area contributed by atoms with Crippen molar-refractivity contribution in [1.82, 2.24) is 0 Å². The molecule has 0 aliphatic heterocycles. The van der Waals surface area contributed by atoms with Gasteiger partial charge in [0.2, 0.25) is 0 Å². The molecule has 19 heavy (non-hydrogen) atoms. The molecule has 0 spiro atoms. The molecule has 4 heteroatoms. The first-order valence-corrected chi connectivity index (χ1v) is 6.06. The van der Waals surface area contributed by atoms with Crippen LogP contribution in [0.5, 0.6) is 0 Å². The molecule has 2 aromatic carbocycles. The van der Waals surface area contributed by atoms with Crippen LogP contribution in [-0.2, 0) is 0 Å². The highest BCUT2D eigenvalue weighted by molar-refractivity contribution is 5.68. The third-order valence-electron chi connectivity index (χ3n) is 2.72. The summed E-state index contributed by atoms with van der Waals surface area (Å²) in [4.78, 5) is 0. The fourth-order valence-corrected chi connectivity index (χ4v) is 1.75. The van der Waals surface area contributed by atoms with Crippen molar-refractivity contribution in [1.29, 1.82) is 0 Å². The third kappa shape index (κ3) is 3.67. The highest BCUT2D eigenvalue weighted by atomic mass is 14.9. The van der Waals surface area contributed by atoms with Crippen LogP contribution in [0.25, 0.3) is 6.08 Å². The predicted octanol–water partition coefficient (Wildman–Crippen LogP) is 2.56. The Morgan fingerprint density at radius 1 is 0.947 bits per heavy atom. The molecule has 0 heterocycles. The lowest BCUT2D eigenvalue weighted by molar-refractivity contribution is 1.34. The summed E-state index contributed by atoms with van der Waals surface area (Å²) >= 11 is 0. The summed E-state index contributed by atoms with van der Waals surface area (Å²) in [7, 11) is 0. The Morgan fingerprint density at radius 3 is 2.53 bits per heavy atom. The van der Waals surface area contributed by atoms with Gasteiger partial charge in [-0.25, -0.2) is 0 Å². The Labute approximate surface area is 112 Å². The standard InChI is InChI=1S/C15H18N4/c16-12-4-1-5-14(10-12)19-8-2-3-11-9-13(17)6-7-15(11)18/h1-7,9-10,19H,8,16-18H2/b3-2+. The maximum absolute atomic E-state index is 5.86. The van der Waals surface area contributed by atoms with E-state index in [1.54, 1.807) is 12.1 Å². The van der Waals surface area contributed by atoms with Crippen molar-refractivity contribution in [3.8, 4) is 0 Å². The average molecular weight is 254 g/mol. The number of hydrogen-bond donors (Lipinski definition) is 4. The van der Waals surface area contributed by atoms with E-state index < -0.39 is 0 Å². The summed E-state index contributed by atoms with van der Waals surface area (Å²) in [6.07, 6.45) is 3.94. The molecule has 0 saturated carbocycles. The van der Waals surface area contributed by atoms with Gasteiger partial charge in [0.05, 0.1) is 0 Å². The van der Waals surface area contributed by atoms with Gasteiger partial charge in [-0.3, -0.25) is 0 Å². The average Bonchev–Trinajstić information content (AvgIpc) is 2.39. The number of anilines is 4. The Balaban J connectivity index is 1.95. The Kier molecular flexibility index (Phi) is 3.93. The molecule has 0 unspecified atom stereocenters. The number of nitrogens with one attached hydrogen (secondary N) is 1. The zero-order valence-electron chi connectivity index (χ0n) is 10.6. The normalized spacial score (nSPS) is 10.7. The zero-order chi connectivity index (χ0) is 13.7. The number of hydrogen-bond acceptors (Lipinski definition) is 4. The monoisotopic (exact) mass is 254 g/mol. The number of rotatable bonds is 4. The van der Waals surface area contributed by atoms with Crippen LogP contribution >= 0.6 is 0 Å². The summed E-state index contributed by atoms with van der Waals surface area (Å²) in [6, 6.07) is 13.1. The fraction of sp³-hybridized carbons (Fsp3) is 0.0667. The van der Waals surface area contributed by atoms with Gasteiger partial charge in [0.25, 0.3) is 0 Å². The van der Waals surface area contributed by atoms with Crippen LogP contribution in [0.3, 0.4) is 0 Å². The number of benzene rings is 2. The van der Waals surface area contributed by atoms with Crippen molar-refractivity contribution < 1.29 is 0 Å². The molecule has 0 atom stereocenters. The van der Waals surface area contributed by atoms with E-state index in [0.29, 0.717) is 12.2 Å². The Hall–Kier alpha value is -2.62. The van der Waals surface area contributed by atoms with Crippen LogP contribution in [0, 0.1) is 0 Å². The second-order valence-corrected chi connectivity index (χ2v) is 4.30. The molecule has 0 amide bonds. The van der Waals surface area contributed by atoms with Gasteiger partial charge in [-0.05, 0) is 42.0 Å². The van der Waals surface area contributed by atoms with E-state index in [9.17, 15) is 0 Å². The smallest absolute Gasteiger partial charge is 0.0389 e. The van der Waals surface area contributed by atoms with Gasteiger partial charge < -0.3 is 22.5 Å². The molecule has 0 bridgehead atoms. The van der Waals surface area contributed by atoms with E-state index in [2.05, 4.69) is 5.32 Å². The largest absolute Gasteiger partial charge is 0.399 e. The highest BCUT2D eigenvalue weighted by Gasteiger charge is 1.95. The van der Waals surface area contributed by atoms with E-state index >= 15 is 0 Å². The first-order chi connectivity index (χ1) is 9.15. The number of nitrogens with two attached hydrogens (primary N) is 3. The van der Waals surface area contributed by atoms with Crippen LogP contribution in [0.2, 0.25) is 0 Å². The van der Waals surface area contributed by atoms with Crippen molar-refractivity contribution in [2.24, 2.45) is 0 Å². The van der Waals surface area contributed by atoms with Gasteiger partial charge >= 0.3 is 0 Å². The van der Waals surface area contributed by atoms with Crippen molar-refractivity contribution in [3.05, 3.63) is 54.1 Å². The van der Waals surface area contributed by atoms with Gasteiger partial charge in [0, 0.05) is 29.3 Å². The number of nitrogen functional groups attached to an aromatic ring is 3. The van der Waals surface area contributed by atoms with Gasteiger partial charge in [0.15, 0.2) is 0 Å². The van der Waals surface area contributed by atoms with Crippen molar-refractivity contribution >= 4 is 28.8 Å². The zero-order valence-corrected chi connectivity index (χ0v) is 10.6. The van der Waals surface area contributed by atoms with Crippen LogP contribution in [0.15, 0.2) is 48.5 Å². The molecule has 0 aliphatic carbocycles. The first-order valence-electron chi connectivity index (χ1n) is 6.06. The van der Waals surface area contributed by atoms with Crippen LogP contribution in [-0.4, -0.2) is 6.54 Å². The van der Waals surface area contributed by atoms with Crippen LogP contribution < -0.4 is 22.5 Å². The molecule has 4 nitrogen and oxygen atoms in total. The van der Waals surface area contributed by atoms with Crippen LogP contribution in [0.1, 0.15) is 5.56 Å². The van der Waals surface area contributed by atoms with E-state index in [1.807, 2.05) is 42.5 Å². The van der Waals surface area contributed by atoms with Crippen molar-refractivity contribution in [3.63, 3.8) is 0 Å². The fourth-order valence-electron chi connectivity index (χ4n) is 1.75. The minimum Gasteiger partial charge on any atom is -0.399 e. The molecule has 2 aromatic rings.